The number of hydrogen-bond donors (Lipinski definition) is 0. The zero-order valence-corrected chi connectivity index (χ0v) is 10.1. The van der Waals surface area contributed by atoms with Gasteiger partial charge in [-0.3, -0.25) is 0 Å². The third-order valence-corrected chi connectivity index (χ3v) is 2.51. The van der Waals surface area contributed by atoms with Crippen molar-refractivity contribution < 1.29 is 4.74 Å². The number of rotatable bonds is 5. The van der Waals surface area contributed by atoms with Crippen molar-refractivity contribution in [2.45, 2.75) is 24.6 Å². The van der Waals surface area contributed by atoms with Gasteiger partial charge in [-0.15, -0.1) is 0 Å². The van der Waals surface area contributed by atoms with Gasteiger partial charge in [0.15, 0.2) is 0 Å². The summed E-state index contributed by atoms with van der Waals surface area (Å²) in [5.74, 6) is 0. The van der Waals surface area contributed by atoms with Gasteiger partial charge in [0.1, 0.15) is 6.33 Å². The third-order valence-electron chi connectivity index (χ3n) is 1.92. The molecule has 0 aliphatic heterocycles. The summed E-state index contributed by atoms with van der Waals surface area (Å²) in [4.78, 5) is 8.69. The number of aryl methyl sites for hydroxylation is 1. The maximum Gasteiger partial charge on any atom is 0.115 e. The minimum absolute atomic E-state index is 0.326. The molecule has 14 heavy (non-hydrogen) atoms. The Hall–Kier alpha value is -0.480. The van der Waals surface area contributed by atoms with Gasteiger partial charge in [-0.1, -0.05) is 22.9 Å². The summed E-state index contributed by atoms with van der Waals surface area (Å²) < 4.78 is 5.04. The Bertz CT molecular complexity index is 281. The Kier molecular flexibility index (Phi) is 5.04. The van der Waals surface area contributed by atoms with Crippen LogP contribution in [0.4, 0.5) is 0 Å². The van der Waals surface area contributed by atoms with Crippen molar-refractivity contribution in [1.29, 1.82) is 0 Å². The molecule has 1 aromatic heterocycles. The standard InChI is InChI=1S/C10H15BrN2O/c1-3-9-5-10(13-7-12-9)4-8(11)6-14-2/h5,7-8H,3-4,6H2,1-2H3. The quantitative estimate of drug-likeness (QED) is 0.758. The van der Waals surface area contributed by atoms with Gasteiger partial charge in [0.2, 0.25) is 0 Å². The predicted molar refractivity (Wildman–Crippen MR) is 59.7 cm³/mol. The van der Waals surface area contributed by atoms with E-state index in [1.54, 1.807) is 13.4 Å². The fourth-order valence-electron chi connectivity index (χ4n) is 1.22. The topological polar surface area (TPSA) is 35.0 Å². The van der Waals surface area contributed by atoms with E-state index < -0.39 is 0 Å². The lowest BCUT2D eigenvalue weighted by Crippen LogP contribution is -2.11. The van der Waals surface area contributed by atoms with Crippen LogP contribution in [0.2, 0.25) is 0 Å². The largest absolute Gasteiger partial charge is 0.384 e. The highest BCUT2D eigenvalue weighted by molar-refractivity contribution is 9.09. The average Bonchev–Trinajstić information content (AvgIpc) is 2.18. The van der Waals surface area contributed by atoms with Crippen molar-refractivity contribution in [2.24, 2.45) is 0 Å². The molecule has 1 aromatic rings. The van der Waals surface area contributed by atoms with Crippen LogP contribution in [0.25, 0.3) is 0 Å². The van der Waals surface area contributed by atoms with Crippen LogP contribution in [0.3, 0.4) is 0 Å². The van der Waals surface area contributed by atoms with E-state index in [0.29, 0.717) is 11.4 Å². The fourth-order valence-corrected chi connectivity index (χ4v) is 1.81. The molecule has 78 valence electrons. The van der Waals surface area contributed by atoms with E-state index in [-0.39, 0.29) is 0 Å². The molecule has 0 saturated carbocycles. The van der Waals surface area contributed by atoms with E-state index in [1.165, 1.54) is 0 Å². The van der Waals surface area contributed by atoms with Gasteiger partial charge in [0, 0.05) is 29.7 Å². The van der Waals surface area contributed by atoms with Crippen LogP contribution in [-0.4, -0.2) is 28.5 Å². The first-order chi connectivity index (χ1) is 6.76. The van der Waals surface area contributed by atoms with Gasteiger partial charge >= 0.3 is 0 Å². The third kappa shape index (κ3) is 3.72. The Morgan fingerprint density at radius 3 is 2.79 bits per heavy atom. The van der Waals surface area contributed by atoms with Gasteiger partial charge in [-0.25, -0.2) is 9.97 Å². The summed E-state index contributed by atoms with van der Waals surface area (Å²) in [6.07, 6.45) is 3.46. The molecule has 0 bridgehead atoms. The molecule has 0 fully saturated rings. The summed E-state index contributed by atoms with van der Waals surface area (Å²) in [7, 11) is 1.70. The molecule has 0 spiro atoms. The minimum atomic E-state index is 0.326. The zero-order chi connectivity index (χ0) is 10.4. The summed E-state index contributed by atoms with van der Waals surface area (Å²) in [5.41, 5.74) is 2.16. The predicted octanol–water partition coefficient (Wildman–Crippen LogP) is 1.99. The molecular weight excluding hydrogens is 244 g/mol. The molecule has 1 atom stereocenters. The molecule has 1 unspecified atom stereocenters. The van der Waals surface area contributed by atoms with Gasteiger partial charge in [-0.05, 0) is 12.5 Å². The molecule has 4 heteroatoms. The van der Waals surface area contributed by atoms with E-state index in [9.17, 15) is 0 Å². The number of halogens is 1. The Morgan fingerprint density at radius 1 is 1.43 bits per heavy atom. The van der Waals surface area contributed by atoms with E-state index in [0.717, 1.165) is 24.2 Å². The maximum atomic E-state index is 5.04. The summed E-state index contributed by atoms with van der Waals surface area (Å²) >= 11 is 3.54. The lowest BCUT2D eigenvalue weighted by Gasteiger charge is -2.07. The highest BCUT2D eigenvalue weighted by atomic mass is 79.9. The summed E-state index contributed by atoms with van der Waals surface area (Å²) in [6.45, 7) is 2.79. The van der Waals surface area contributed by atoms with Gasteiger partial charge in [0.05, 0.1) is 6.61 Å². The van der Waals surface area contributed by atoms with Gasteiger partial charge in [0.25, 0.3) is 0 Å². The van der Waals surface area contributed by atoms with Crippen LogP contribution in [0.5, 0.6) is 0 Å². The normalized spacial score (nSPS) is 12.8. The van der Waals surface area contributed by atoms with Crippen molar-refractivity contribution in [3.8, 4) is 0 Å². The van der Waals surface area contributed by atoms with E-state index in [1.807, 2.05) is 6.07 Å². The van der Waals surface area contributed by atoms with Gasteiger partial charge in [-0.2, -0.15) is 0 Å². The number of hydrogen-bond acceptors (Lipinski definition) is 3. The number of alkyl halides is 1. The van der Waals surface area contributed by atoms with Crippen LogP contribution >= 0.6 is 15.9 Å². The Labute approximate surface area is 93.0 Å². The van der Waals surface area contributed by atoms with E-state index in [2.05, 4.69) is 32.8 Å². The van der Waals surface area contributed by atoms with Crippen molar-refractivity contribution >= 4 is 15.9 Å². The van der Waals surface area contributed by atoms with Crippen LogP contribution < -0.4 is 0 Å². The smallest absolute Gasteiger partial charge is 0.115 e. The molecule has 0 amide bonds. The molecule has 1 heterocycles. The highest BCUT2D eigenvalue weighted by Crippen LogP contribution is 2.09. The van der Waals surface area contributed by atoms with Crippen molar-refractivity contribution in [2.75, 3.05) is 13.7 Å². The Morgan fingerprint density at radius 2 is 2.14 bits per heavy atom. The van der Waals surface area contributed by atoms with Gasteiger partial charge < -0.3 is 4.74 Å². The van der Waals surface area contributed by atoms with E-state index in [4.69, 9.17) is 4.74 Å². The van der Waals surface area contributed by atoms with Crippen molar-refractivity contribution in [3.05, 3.63) is 23.8 Å². The number of ether oxygens (including phenoxy) is 1. The first-order valence-corrected chi connectivity index (χ1v) is 5.60. The molecular formula is C10H15BrN2O. The van der Waals surface area contributed by atoms with Crippen LogP contribution in [0.15, 0.2) is 12.4 Å². The summed E-state index contributed by atoms with van der Waals surface area (Å²) in [6, 6.07) is 2.05. The molecule has 1 rings (SSSR count). The molecule has 0 radical (unpaired) electrons. The highest BCUT2D eigenvalue weighted by Gasteiger charge is 2.06. The molecule has 0 aliphatic rings. The van der Waals surface area contributed by atoms with Crippen LogP contribution in [-0.2, 0) is 17.6 Å². The van der Waals surface area contributed by atoms with Crippen molar-refractivity contribution in [1.82, 2.24) is 9.97 Å². The first-order valence-electron chi connectivity index (χ1n) is 4.69. The van der Waals surface area contributed by atoms with E-state index >= 15 is 0 Å². The number of methoxy groups -OCH3 is 1. The second-order valence-electron chi connectivity index (χ2n) is 3.11. The van der Waals surface area contributed by atoms with Crippen molar-refractivity contribution in [3.63, 3.8) is 0 Å². The second-order valence-corrected chi connectivity index (χ2v) is 4.41. The van der Waals surface area contributed by atoms with Crippen LogP contribution in [0.1, 0.15) is 18.3 Å². The lowest BCUT2D eigenvalue weighted by atomic mass is 10.2. The molecule has 0 N–H and O–H groups in total. The maximum absolute atomic E-state index is 5.04. The SMILES string of the molecule is CCc1cc(CC(Br)COC)ncn1. The zero-order valence-electron chi connectivity index (χ0n) is 8.53. The molecule has 0 aromatic carbocycles. The average molecular weight is 259 g/mol. The molecule has 0 saturated heterocycles. The summed E-state index contributed by atoms with van der Waals surface area (Å²) in [5, 5.41) is 0. The lowest BCUT2D eigenvalue weighted by molar-refractivity contribution is 0.200. The Balaban J connectivity index is 2.57. The number of aromatic nitrogens is 2. The molecule has 3 nitrogen and oxygen atoms in total. The monoisotopic (exact) mass is 258 g/mol. The first kappa shape index (κ1) is 11.6. The van der Waals surface area contributed by atoms with Crippen LogP contribution in [0, 0.1) is 0 Å². The molecule has 0 aliphatic carbocycles. The minimum Gasteiger partial charge on any atom is -0.384 e. The second kappa shape index (κ2) is 6.09. The number of nitrogens with zero attached hydrogens (tertiary/aromatic N) is 2. The fraction of sp³-hybridized carbons (Fsp3) is 0.600.